The summed E-state index contributed by atoms with van der Waals surface area (Å²) in [7, 11) is 0. The van der Waals surface area contributed by atoms with Crippen molar-refractivity contribution < 1.29 is 9.59 Å². The summed E-state index contributed by atoms with van der Waals surface area (Å²) in [6, 6.07) is 0. The van der Waals surface area contributed by atoms with Crippen LogP contribution in [-0.2, 0) is 9.59 Å². The van der Waals surface area contributed by atoms with E-state index in [1.165, 1.54) is 231 Å². The highest BCUT2D eigenvalue weighted by Gasteiger charge is 2.51. The minimum absolute atomic E-state index is 0.0583. The van der Waals surface area contributed by atoms with Crippen molar-refractivity contribution in [1.29, 1.82) is 0 Å². The summed E-state index contributed by atoms with van der Waals surface area (Å²) in [6.45, 7) is 16.2. The summed E-state index contributed by atoms with van der Waals surface area (Å²) < 4.78 is 0. The third-order valence-electron chi connectivity index (χ3n) is 15.8. The summed E-state index contributed by atoms with van der Waals surface area (Å²) in [5.41, 5.74) is -0.635. The van der Waals surface area contributed by atoms with Crippen LogP contribution in [0.5, 0.6) is 0 Å². The summed E-state index contributed by atoms with van der Waals surface area (Å²) in [5, 5.41) is 3.42. The van der Waals surface area contributed by atoms with Crippen molar-refractivity contribution in [3.63, 3.8) is 0 Å². The van der Waals surface area contributed by atoms with Crippen molar-refractivity contribution in [1.82, 2.24) is 15.1 Å². The number of amides is 2. The number of carbonyl (C=O) groups excluding carboxylic acids is 2. The molecule has 396 valence electrons. The van der Waals surface area contributed by atoms with Crippen LogP contribution in [0.15, 0.2) is 12.2 Å². The second kappa shape index (κ2) is 48.3. The smallest absolute Gasteiger partial charge is 0.245 e. The number of hydrogen-bond acceptors (Lipinski definition) is 3. The van der Waals surface area contributed by atoms with Gasteiger partial charge in [0.1, 0.15) is 5.54 Å². The molecule has 0 atom stereocenters. The Bertz CT molecular complexity index is 1050. The van der Waals surface area contributed by atoms with Gasteiger partial charge in [0, 0.05) is 19.0 Å². The lowest BCUT2D eigenvalue weighted by Crippen LogP contribution is -2.65. The van der Waals surface area contributed by atoms with Gasteiger partial charge in [-0.05, 0) is 96.7 Å². The number of allylic oxidation sites excluding steroid dienone is 2. The Morgan fingerprint density at radius 1 is 0.433 bits per heavy atom. The summed E-state index contributed by atoms with van der Waals surface area (Å²) in [5.74, 6) is 0.530. The predicted molar refractivity (Wildman–Crippen MR) is 297 cm³/mol. The first-order chi connectivity index (χ1) is 33.0. The van der Waals surface area contributed by atoms with E-state index in [0.29, 0.717) is 5.91 Å². The summed E-state index contributed by atoms with van der Waals surface area (Å²) >= 11 is 0. The molecule has 1 aliphatic rings. The molecule has 0 aliphatic heterocycles. The van der Waals surface area contributed by atoms with E-state index in [9.17, 15) is 4.79 Å². The van der Waals surface area contributed by atoms with Crippen molar-refractivity contribution in [3.05, 3.63) is 12.2 Å². The Balaban J connectivity index is 2.79. The van der Waals surface area contributed by atoms with Crippen molar-refractivity contribution >= 4 is 11.8 Å². The van der Waals surface area contributed by atoms with Gasteiger partial charge in [0.05, 0.1) is 0 Å². The first-order valence-corrected chi connectivity index (χ1v) is 31.0. The highest BCUT2D eigenvalue weighted by Crippen LogP contribution is 2.40. The van der Waals surface area contributed by atoms with Crippen molar-refractivity contribution in [2.45, 2.75) is 336 Å². The molecule has 0 aromatic rings. The Kier molecular flexibility index (Phi) is 45.9. The van der Waals surface area contributed by atoms with Gasteiger partial charge in [0.15, 0.2) is 0 Å². The average molecular weight is 941 g/mol. The van der Waals surface area contributed by atoms with Crippen LogP contribution in [0.4, 0.5) is 0 Å². The van der Waals surface area contributed by atoms with E-state index in [1.54, 1.807) is 0 Å². The van der Waals surface area contributed by atoms with Gasteiger partial charge in [0.2, 0.25) is 11.8 Å². The lowest BCUT2D eigenvalue weighted by Gasteiger charge is -2.50. The zero-order chi connectivity index (χ0) is 48.6. The van der Waals surface area contributed by atoms with Crippen LogP contribution in [-0.4, -0.2) is 59.9 Å². The van der Waals surface area contributed by atoms with E-state index in [0.717, 1.165) is 96.9 Å². The zero-order valence-electron chi connectivity index (χ0n) is 46.5. The molecule has 0 saturated heterocycles. The van der Waals surface area contributed by atoms with Crippen LogP contribution < -0.4 is 5.32 Å². The average Bonchev–Trinajstić information content (AvgIpc) is 3.32. The number of unbranched alkanes of at least 4 members (excludes halogenated alkanes) is 36. The second-order valence-corrected chi connectivity index (χ2v) is 21.7. The molecule has 0 bridgehead atoms. The fraction of sp³-hybridized carbons (Fsp3) is 0.935. The second-order valence-electron chi connectivity index (χ2n) is 21.7. The third-order valence-corrected chi connectivity index (χ3v) is 15.8. The zero-order valence-corrected chi connectivity index (χ0v) is 46.5. The number of hydrogen-bond donors (Lipinski definition) is 1. The van der Waals surface area contributed by atoms with E-state index < -0.39 is 5.54 Å². The van der Waals surface area contributed by atoms with Crippen LogP contribution in [0.25, 0.3) is 0 Å². The molecule has 67 heavy (non-hydrogen) atoms. The maximum absolute atomic E-state index is 15.1. The Morgan fingerprint density at radius 2 is 0.776 bits per heavy atom. The first-order valence-electron chi connectivity index (χ1n) is 31.0. The molecule has 1 N–H and O–H groups in total. The molecule has 1 saturated carbocycles. The first kappa shape index (κ1) is 63.7. The molecule has 0 aromatic heterocycles. The molecule has 2 amide bonds. The number of nitrogens with zero attached hydrogens (tertiary/aromatic N) is 2. The highest BCUT2D eigenvalue weighted by atomic mass is 16.2. The molecule has 1 fully saturated rings. The largest absolute Gasteiger partial charge is 0.354 e. The van der Waals surface area contributed by atoms with E-state index in [-0.39, 0.29) is 11.8 Å². The van der Waals surface area contributed by atoms with Crippen LogP contribution in [0.1, 0.15) is 330 Å². The molecule has 5 nitrogen and oxygen atoms in total. The lowest BCUT2D eigenvalue weighted by atomic mass is 9.73. The van der Waals surface area contributed by atoms with Crippen LogP contribution in [0.2, 0.25) is 0 Å². The van der Waals surface area contributed by atoms with Crippen molar-refractivity contribution in [2.75, 3.05) is 32.7 Å². The van der Waals surface area contributed by atoms with Gasteiger partial charge in [-0.25, -0.2) is 0 Å². The molecule has 0 heterocycles. The molecule has 0 spiro atoms. The van der Waals surface area contributed by atoms with Crippen LogP contribution in [0.3, 0.4) is 0 Å². The standard InChI is InChI=1S/C62H121N3O2/c1-6-11-14-17-20-23-26-29-30-31-32-35-38-41-44-48-56-63-61(67)62(54-51-55-62)65(58-50-45-49-57-64(9-4)10-5)60(66)59(52-46-42-39-36-33-27-24-21-18-15-12-7-2)53-47-43-40-37-34-28-25-22-19-16-13-8-3/h29-30,59H,6-28,31-58H2,1-5H3,(H,63,67)/b30-29-. The van der Waals surface area contributed by atoms with Gasteiger partial charge in [-0.15, -0.1) is 0 Å². The lowest BCUT2D eigenvalue weighted by molar-refractivity contribution is -0.157. The minimum Gasteiger partial charge on any atom is -0.354 e. The van der Waals surface area contributed by atoms with Gasteiger partial charge in [-0.2, -0.15) is 0 Å². The van der Waals surface area contributed by atoms with Gasteiger partial charge in [0.25, 0.3) is 0 Å². The SMILES string of the molecule is CCCCCCCC/C=C\CCCCCCCCNC(=O)C1(N(CCCCCN(CC)CC)C(=O)C(CCCCCCCCCCCCCC)CCCCCCCCCCCCCC)CCC1. The maximum Gasteiger partial charge on any atom is 0.245 e. The summed E-state index contributed by atoms with van der Waals surface area (Å²) in [4.78, 5) is 34.1. The van der Waals surface area contributed by atoms with Crippen LogP contribution >= 0.6 is 0 Å². The minimum atomic E-state index is -0.635. The summed E-state index contributed by atoms with van der Waals surface area (Å²) in [6.07, 6.45) is 63.2. The Labute approximate surface area is 421 Å². The number of rotatable bonds is 53. The molecule has 1 aliphatic carbocycles. The van der Waals surface area contributed by atoms with E-state index >= 15 is 4.79 Å². The van der Waals surface area contributed by atoms with Gasteiger partial charge in [-0.3, -0.25) is 9.59 Å². The fourth-order valence-corrected chi connectivity index (χ4v) is 10.8. The molecule has 5 heteroatoms. The molecule has 0 aromatic carbocycles. The van der Waals surface area contributed by atoms with E-state index in [2.05, 4.69) is 61.9 Å². The topological polar surface area (TPSA) is 52.7 Å². The highest BCUT2D eigenvalue weighted by molar-refractivity contribution is 5.93. The van der Waals surface area contributed by atoms with Crippen LogP contribution in [0, 0.1) is 5.92 Å². The third kappa shape index (κ3) is 34.6. The van der Waals surface area contributed by atoms with Gasteiger partial charge < -0.3 is 15.1 Å². The maximum atomic E-state index is 15.1. The molecule has 0 radical (unpaired) electrons. The van der Waals surface area contributed by atoms with Gasteiger partial charge in [-0.1, -0.05) is 265 Å². The normalized spacial score (nSPS) is 13.6. The Hall–Kier alpha value is -1.36. The number of nitrogens with one attached hydrogen (secondary N) is 1. The quantitative estimate of drug-likeness (QED) is 0.0488. The monoisotopic (exact) mass is 940 g/mol. The van der Waals surface area contributed by atoms with Crippen molar-refractivity contribution in [3.8, 4) is 0 Å². The van der Waals surface area contributed by atoms with Crippen molar-refractivity contribution in [2.24, 2.45) is 5.92 Å². The molecular weight excluding hydrogens is 819 g/mol. The fourth-order valence-electron chi connectivity index (χ4n) is 10.8. The van der Waals surface area contributed by atoms with E-state index in [4.69, 9.17) is 0 Å². The molecule has 0 unspecified atom stereocenters. The van der Waals surface area contributed by atoms with E-state index in [1.807, 2.05) is 0 Å². The predicted octanol–water partition coefficient (Wildman–Crippen LogP) is 19.2. The number of carbonyl (C=O) groups is 2. The molecular formula is C62H121N3O2. The van der Waals surface area contributed by atoms with Gasteiger partial charge >= 0.3 is 0 Å². The Morgan fingerprint density at radius 3 is 1.15 bits per heavy atom. The molecule has 1 rings (SSSR count).